The summed E-state index contributed by atoms with van der Waals surface area (Å²) in [4.78, 5) is 12.2. The highest BCUT2D eigenvalue weighted by Crippen LogP contribution is 2.24. The first-order valence-corrected chi connectivity index (χ1v) is 7.88. The van der Waals surface area contributed by atoms with Crippen molar-refractivity contribution in [2.75, 3.05) is 6.61 Å². The van der Waals surface area contributed by atoms with Gasteiger partial charge in [-0.2, -0.15) is 0 Å². The van der Waals surface area contributed by atoms with Gasteiger partial charge >= 0.3 is 0 Å². The van der Waals surface area contributed by atoms with Crippen molar-refractivity contribution in [3.63, 3.8) is 0 Å². The minimum absolute atomic E-state index is 0.0683. The quantitative estimate of drug-likeness (QED) is 0.817. The van der Waals surface area contributed by atoms with Crippen LogP contribution in [0.5, 0.6) is 11.5 Å². The smallest absolute Gasteiger partial charge is 0.251 e. The van der Waals surface area contributed by atoms with Crippen LogP contribution in [0.1, 0.15) is 16.8 Å². The molecule has 0 heterocycles. The summed E-state index contributed by atoms with van der Waals surface area (Å²) < 4.78 is 31.5. The van der Waals surface area contributed by atoms with E-state index in [2.05, 4.69) is 5.32 Å². The maximum atomic E-state index is 13.2. The molecule has 2 aromatic carbocycles. The molecule has 2 atom stereocenters. The number of amides is 1. The summed E-state index contributed by atoms with van der Waals surface area (Å²) in [5.41, 5.74) is 0.457. The van der Waals surface area contributed by atoms with Gasteiger partial charge in [0, 0.05) is 30.2 Å². The maximum Gasteiger partial charge on any atom is 0.251 e. The van der Waals surface area contributed by atoms with Crippen LogP contribution in [0.25, 0.3) is 0 Å². The molecule has 0 saturated carbocycles. The standard InChI is InChI=1S/C19H17F2NO3/c20-17-8-7-16(10-18(17)21)25-15-5-2-13(3-6-15)19(24)22-14-4-1-12(9-14)11-23/h1-8,10,12,14,23H,9,11H2,(H,22,24)/t12-,14+/m0/s1. The molecule has 0 bridgehead atoms. The number of hydrogen-bond donors (Lipinski definition) is 2. The largest absolute Gasteiger partial charge is 0.457 e. The van der Waals surface area contributed by atoms with Crippen molar-refractivity contribution < 1.29 is 23.4 Å². The van der Waals surface area contributed by atoms with Crippen molar-refractivity contribution in [1.82, 2.24) is 5.32 Å². The van der Waals surface area contributed by atoms with Gasteiger partial charge in [-0.3, -0.25) is 4.79 Å². The predicted octanol–water partition coefficient (Wildman–Crippen LogP) is 3.42. The van der Waals surface area contributed by atoms with E-state index in [-0.39, 0.29) is 30.2 Å². The predicted molar refractivity (Wildman–Crippen MR) is 88.5 cm³/mol. The van der Waals surface area contributed by atoms with Crippen molar-refractivity contribution in [3.8, 4) is 11.5 Å². The first kappa shape index (κ1) is 17.1. The molecule has 0 saturated heterocycles. The average Bonchev–Trinajstić information content (AvgIpc) is 3.06. The number of aliphatic hydroxyl groups excluding tert-OH is 1. The molecule has 3 rings (SSSR count). The normalized spacial score (nSPS) is 19.0. The fourth-order valence-electron chi connectivity index (χ4n) is 2.62. The van der Waals surface area contributed by atoms with E-state index < -0.39 is 11.6 Å². The van der Waals surface area contributed by atoms with Gasteiger partial charge in [-0.15, -0.1) is 0 Å². The number of benzene rings is 2. The minimum atomic E-state index is -0.987. The molecule has 2 aromatic rings. The van der Waals surface area contributed by atoms with E-state index in [0.29, 0.717) is 17.7 Å². The molecule has 0 spiro atoms. The Balaban J connectivity index is 1.60. The molecular weight excluding hydrogens is 328 g/mol. The van der Waals surface area contributed by atoms with Crippen LogP contribution in [-0.4, -0.2) is 23.7 Å². The van der Waals surface area contributed by atoms with Crippen LogP contribution in [0, 0.1) is 17.6 Å². The number of hydrogen-bond acceptors (Lipinski definition) is 3. The van der Waals surface area contributed by atoms with Gasteiger partial charge in [0.2, 0.25) is 0 Å². The zero-order valence-corrected chi connectivity index (χ0v) is 13.3. The van der Waals surface area contributed by atoms with Gasteiger partial charge in [0.05, 0.1) is 0 Å². The molecule has 130 valence electrons. The summed E-state index contributed by atoms with van der Waals surface area (Å²) >= 11 is 0. The fraction of sp³-hybridized carbons (Fsp3) is 0.211. The highest BCUT2D eigenvalue weighted by Gasteiger charge is 2.20. The Hall–Kier alpha value is -2.73. The van der Waals surface area contributed by atoms with Gasteiger partial charge in [-0.05, 0) is 42.8 Å². The molecule has 6 heteroatoms. The van der Waals surface area contributed by atoms with Crippen molar-refractivity contribution in [3.05, 3.63) is 71.8 Å². The van der Waals surface area contributed by atoms with Crippen LogP contribution in [0.3, 0.4) is 0 Å². The molecule has 0 aromatic heterocycles. The van der Waals surface area contributed by atoms with Gasteiger partial charge in [-0.1, -0.05) is 12.2 Å². The number of carbonyl (C=O) groups is 1. The first-order valence-electron chi connectivity index (χ1n) is 7.88. The lowest BCUT2D eigenvalue weighted by atomic mass is 10.1. The third-order valence-electron chi connectivity index (χ3n) is 3.97. The number of aliphatic hydroxyl groups is 1. The Morgan fingerprint density at radius 3 is 2.44 bits per heavy atom. The molecule has 1 amide bonds. The summed E-state index contributed by atoms with van der Waals surface area (Å²) in [6, 6.07) is 9.51. The maximum absolute atomic E-state index is 13.2. The van der Waals surface area contributed by atoms with Crippen LogP contribution in [0.15, 0.2) is 54.6 Å². The molecule has 1 aliphatic carbocycles. The van der Waals surface area contributed by atoms with E-state index >= 15 is 0 Å². The summed E-state index contributed by atoms with van der Waals surface area (Å²) in [5.74, 6) is -1.50. The number of rotatable bonds is 5. The Kier molecular flexibility index (Phi) is 5.09. The van der Waals surface area contributed by atoms with Crippen LogP contribution < -0.4 is 10.1 Å². The van der Waals surface area contributed by atoms with Gasteiger partial charge < -0.3 is 15.2 Å². The number of halogens is 2. The monoisotopic (exact) mass is 345 g/mol. The van der Waals surface area contributed by atoms with Crippen molar-refractivity contribution in [2.24, 2.45) is 5.92 Å². The van der Waals surface area contributed by atoms with Gasteiger partial charge in [-0.25, -0.2) is 8.78 Å². The van der Waals surface area contributed by atoms with Crippen LogP contribution in [-0.2, 0) is 0 Å². The molecule has 2 N–H and O–H groups in total. The molecule has 0 radical (unpaired) electrons. The number of carbonyl (C=O) groups excluding carboxylic acids is 1. The van der Waals surface area contributed by atoms with Crippen molar-refractivity contribution in [2.45, 2.75) is 12.5 Å². The van der Waals surface area contributed by atoms with E-state index in [1.807, 2.05) is 12.2 Å². The highest BCUT2D eigenvalue weighted by molar-refractivity contribution is 5.94. The van der Waals surface area contributed by atoms with Crippen LogP contribution in [0.4, 0.5) is 8.78 Å². The SMILES string of the molecule is O=C(N[C@@H]1C=C[C@H](CO)C1)c1ccc(Oc2ccc(F)c(F)c2)cc1. The first-order chi connectivity index (χ1) is 12.0. The molecule has 4 nitrogen and oxygen atoms in total. The van der Waals surface area contributed by atoms with E-state index in [1.54, 1.807) is 24.3 Å². The second-order valence-corrected chi connectivity index (χ2v) is 5.85. The van der Waals surface area contributed by atoms with Crippen LogP contribution in [0.2, 0.25) is 0 Å². The Morgan fingerprint density at radius 2 is 1.80 bits per heavy atom. The highest BCUT2D eigenvalue weighted by atomic mass is 19.2. The molecule has 0 aliphatic heterocycles. The molecule has 1 aliphatic rings. The van der Waals surface area contributed by atoms with E-state index in [0.717, 1.165) is 12.1 Å². The fourth-order valence-corrected chi connectivity index (χ4v) is 2.62. The summed E-state index contributed by atoms with van der Waals surface area (Å²) in [6.07, 6.45) is 4.45. The van der Waals surface area contributed by atoms with Crippen LogP contribution >= 0.6 is 0 Å². The Morgan fingerprint density at radius 1 is 1.08 bits per heavy atom. The summed E-state index contributed by atoms with van der Waals surface area (Å²) in [6.45, 7) is 0.0683. The molecular formula is C19H17F2NO3. The minimum Gasteiger partial charge on any atom is -0.457 e. The topological polar surface area (TPSA) is 58.6 Å². The second-order valence-electron chi connectivity index (χ2n) is 5.85. The van der Waals surface area contributed by atoms with E-state index in [9.17, 15) is 13.6 Å². The lowest BCUT2D eigenvalue weighted by Crippen LogP contribution is -2.32. The molecule has 0 fully saturated rings. The van der Waals surface area contributed by atoms with E-state index in [4.69, 9.17) is 9.84 Å². The lowest BCUT2D eigenvalue weighted by Gasteiger charge is -2.13. The molecule has 0 unspecified atom stereocenters. The molecule has 25 heavy (non-hydrogen) atoms. The van der Waals surface area contributed by atoms with Gasteiger partial charge in [0.25, 0.3) is 5.91 Å². The van der Waals surface area contributed by atoms with Gasteiger partial charge in [0.1, 0.15) is 11.5 Å². The zero-order valence-electron chi connectivity index (χ0n) is 13.3. The lowest BCUT2D eigenvalue weighted by molar-refractivity contribution is 0.0941. The third kappa shape index (κ3) is 4.22. The summed E-state index contributed by atoms with van der Waals surface area (Å²) in [7, 11) is 0. The second kappa shape index (κ2) is 7.44. The van der Waals surface area contributed by atoms with Gasteiger partial charge in [0.15, 0.2) is 11.6 Å². The zero-order chi connectivity index (χ0) is 17.8. The van der Waals surface area contributed by atoms with Crippen molar-refractivity contribution >= 4 is 5.91 Å². The Labute approximate surface area is 143 Å². The van der Waals surface area contributed by atoms with E-state index in [1.165, 1.54) is 6.07 Å². The Bertz CT molecular complexity index is 790. The number of ether oxygens (including phenoxy) is 1. The summed E-state index contributed by atoms with van der Waals surface area (Å²) in [5, 5.41) is 12.0. The average molecular weight is 345 g/mol. The number of nitrogens with one attached hydrogen (secondary N) is 1. The third-order valence-corrected chi connectivity index (χ3v) is 3.97. The van der Waals surface area contributed by atoms with Crippen molar-refractivity contribution in [1.29, 1.82) is 0 Å².